The highest BCUT2D eigenvalue weighted by molar-refractivity contribution is 5.69. The molecule has 0 aliphatic rings. The van der Waals surface area contributed by atoms with Crippen LogP contribution in [0.2, 0.25) is 0 Å². The number of esters is 1. The van der Waals surface area contributed by atoms with Gasteiger partial charge in [0.2, 0.25) is 0 Å². The van der Waals surface area contributed by atoms with Gasteiger partial charge in [-0.1, -0.05) is 32.6 Å². The molecule has 0 saturated carbocycles. The Hall–Kier alpha value is -0.640. The summed E-state index contributed by atoms with van der Waals surface area (Å²) in [6.07, 6.45) is 6.07. The van der Waals surface area contributed by atoms with Crippen molar-refractivity contribution in [2.45, 2.75) is 45.4 Å². The van der Waals surface area contributed by atoms with E-state index in [9.17, 15) is 9.18 Å². The second-order valence-corrected chi connectivity index (χ2v) is 3.69. The SMILES string of the molecule is CCCCCCCC(=O)OCCOCCF. The van der Waals surface area contributed by atoms with Gasteiger partial charge >= 0.3 is 5.97 Å². The Bertz CT molecular complexity index is 146. The van der Waals surface area contributed by atoms with Crippen LogP contribution in [-0.4, -0.2) is 32.5 Å². The summed E-state index contributed by atoms with van der Waals surface area (Å²) in [7, 11) is 0. The zero-order chi connectivity index (χ0) is 12.1. The Kier molecular flexibility index (Phi) is 11.9. The second kappa shape index (κ2) is 12.4. The molecular weight excluding hydrogens is 211 g/mol. The standard InChI is InChI=1S/C12H23FO3/c1-2-3-4-5-6-7-12(14)16-11-10-15-9-8-13/h2-11H2,1H3. The maximum atomic E-state index is 11.6. The van der Waals surface area contributed by atoms with Crippen LogP contribution in [0.1, 0.15) is 45.4 Å². The number of carbonyl (C=O) groups excluding carboxylic acids is 1. The molecule has 0 saturated heterocycles. The average molecular weight is 234 g/mol. The fourth-order valence-electron chi connectivity index (χ4n) is 1.32. The lowest BCUT2D eigenvalue weighted by Gasteiger charge is -2.04. The van der Waals surface area contributed by atoms with Crippen LogP contribution in [0.5, 0.6) is 0 Å². The van der Waals surface area contributed by atoms with E-state index in [1.54, 1.807) is 0 Å². The third-order valence-electron chi connectivity index (χ3n) is 2.20. The van der Waals surface area contributed by atoms with Gasteiger partial charge in [0.1, 0.15) is 13.3 Å². The lowest BCUT2D eigenvalue weighted by atomic mass is 10.1. The molecule has 0 N–H and O–H groups in total. The number of hydrogen-bond acceptors (Lipinski definition) is 3. The van der Waals surface area contributed by atoms with Crippen molar-refractivity contribution >= 4 is 5.97 Å². The van der Waals surface area contributed by atoms with Crippen LogP contribution in [0.3, 0.4) is 0 Å². The largest absolute Gasteiger partial charge is 0.463 e. The maximum absolute atomic E-state index is 11.6. The Morgan fingerprint density at radius 2 is 1.81 bits per heavy atom. The molecule has 0 radical (unpaired) electrons. The Labute approximate surface area is 97.3 Å². The van der Waals surface area contributed by atoms with Gasteiger partial charge in [-0.2, -0.15) is 0 Å². The van der Waals surface area contributed by atoms with Gasteiger partial charge in [0.25, 0.3) is 0 Å². The predicted octanol–water partition coefficient (Wildman–Crippen LogP) is 2.88. The fraction of sp³-hybridized carbons (Fsp3) is 0.917. The first-order valence-electron chi connectivity index (χ1n) is 6.10. The molecule has 3 nitrogen and oxygen atoms in total. The number of ether oxygens (including phenoxy) is 2. The summed E-state index contributed by atoms with van der Waals surface area (Å²) in [6, 6.07) is 0. The molecule has 0 aliphatic carbocycles. The van der Waals surface area contributed by atoms with Gasteiger partial charge in [-0.3, -0.25) is 4.79 Å². The Morgan fingerprint density at radius 1 is 1.06 bits per heavy atom. The normalized spacial score (nSPS) is 10.4. The maximum Gasteiger partial charge on any atom is 0.305 e. The molecule has 0 aromatic rings. The van der Waals surface area contributed by atoms with Crippen molar-refractivity contribution in [2.24, 2.45) is 0 Å². The molecule has 0 unspecified atom stereocenters. The fourth-order valence-corrected chi connectivity index (χ4v) is 1.32. The molecule has 0 spiro atoms. The summed E-state index contributed by atoms with van der Waals surface area (Å²) in [6.45, 7) is 2.25. The third kappa shape index (κ3) is 11.4. The Balaban J connectivity index is 3.12. The smallest absolute Gasteiger partial charge is 0.305 e. The van der Waals surface area contributed by atoms with Crippen molar-refractivity contribution in [1.29, 1.82) is 0 Å². The van der Waals surface area contributed by atoms with Crippen LogP contribution >= 0.6 is 0 Å². The highest BCUT2D eigenvalue weighted by Crippen LogP contribution is 2.05. The lowest BCUT2D eigenvalue weighted by Crippen LogP contribution is -2.11. The first-order valence-corrected chi connectivity index (χ1v) is 6.10. The monoisotopic (exact) mass is 234 g/mol. The van der Waals surface area contributed by atoms with Crippen LogP contribution in [0.4, 0.5) is 4.39 Å². The molecule has 0 heterocycles. The van der Waals surface area contributed by atoms with E-state index in [0.717, 1.165) is 12.8 Å². The van der Waals surface area contributed by atoms with Gasteiger partial charge in [-0.05, 0) is 6.42 Å². The van der Waals surface area contributed by atoms with Crippen molar-refractivity contribution in [2.75, 3.05) is 26.5 Å². The van der Waals surface area contributed by atoms with E-state index in [-0.39, 0.29) is 25.8 Å². The van der Waals surface area contributed by atoms with E-state index in [2.05, 4.69) is 6.92 Å². The number of rotatable bonds is 11. The van der Waals surface area contributed by atoms with Crippen molar-refractivity contribution in [3.05, 3.63) is 0 Å². The van der Waals surface area contributed by atoms with Gasteiger partial charge in [0.15, 0.2) is 0 Å². The third-order valence-corrected chi connectivity index (χ3v) is 2.20. The molecule has 96 valence electrons. The first kappa shape index (κ1) is 15.4. The van der Waals surface area contributed by atoms with Crippen LogP contribution in [-0.2, 0) is 14.3 Å². The number of halogens is 1. The van der Waals surface area contributed by atoms with Crippen molar-refractivity contribution in [3.63, 3.8) is 0 Å². The van der Waals surface area contributed by atoms with Crippen LogP contribution in [0.25, 0.3) is 0 Å². The lowest BCUT2D eigenvalue weighted by molar-refractivity contribution is -0.145. The van der Waals surface area contributed by atoms with Crippen LogP contribution in [0, 0.1) is 0 Å². The topological polar surface area (TPSA) is 35.5 Å². The van der Waals surface area contributed by atoms with E-state index in [1.165, 1.54) is 19.3 Å². The minimum Gasteiger partial charge on any atom is -0.463 e. The minimum absolute atomic E-state index is 0.0779. The number of alkyl halides is 1. The van der Waals surface area contributed by atoms with Gasteiger partial charge in [0.05, 0.1) is 13.2 Å². The van der Waals surface area contributed by atoms with E-state index in [4.69, 9.17) is 9.47 Å². The average Bonchev–Trinajstić information content (AvgIpc) is 2.28. The molecule has 0 amide bonds. The van der Waals surface area contributed by atoms with E-state index >= 15 is 0 Å². The molecule has 4 heteroatoms. The van der Waals surface area contributed by atoms with E-state index in [0.29, 0.717) is 6.42 Å². The van der Waals surface area contributed by atoms with Crippen molar-refractivity contribution in [3.8, 4) is 0 Å². The zero-order valence-corrected chi connectivity index (χ0v) is 10.2. The molecule has 0 fully saturated rings. The summed E-state index contributed by atoms with van der Waals surface area (Å²) in [4.78, 5) is 11.2. The number of carbonyl (C=O) groups is 1. The minimum atomic E-state index is -0.495. The van der Waals surface area contributed by atoms with Crippen molar-refractivity contribution < 1.29 is 18.7 Å². The molecular formula is C12H23FO3. The number of unbranched alkanes of at least 4 members (excludes halogenated alkanes) is 4. The summed E-state index contributed by atoms with van der Waals surface area (Å²) in [5, 5.41) is 0. The highest BCUT2D eigenvalue weighted by atomic mass is 19.1. The molecule has 0 rings (SSSR count). The van der Waals surface area contributed by atoms with Gasteiger partial charge in [-0.25, -0.2) is 4.39 Å². The van der Waals surface area contributed by atoms with E-state index in [1.807, 2.05) is 0 Å². The summed E-state index contributed by atoms with van der Waals surface area (Å²) >= 11 is 0. The number of hydrogen-bond donors (Lipinski definition) is 0. The predicted molar refractivity (Wildman–Crippen MR) is 61.1 cm³/mol. The molecule has 0 aliphatic heterocycles. The Morgan fingerprint density at radius 3 is 2.50 bits per heavy atom. The second-order valence-electron chi connectivity index (χ2n) is 3.69. The van der Waals surface area contributed by atoms with Crippen LogP contribution < -0.4 is 0 Å². The van der Waals surface area contributed by atoms with Gasteiger partial charge in [-0.15, -0.1) is 0 Å². The molecule has 0 bridgehead atoms. The van der Waals surface area contributed by atoms with Gasteiger partial charge in [0, 0.05) is 6.42 Å². The van der Waals surface area contributed by atoms with E-state index < -0.39 is 6.67 Å². The quantitative estimate of drug-likeness (QED) is 0.407. The zero-order valence-electron chi connectivity index (χ0n) is 10.2. The molecule has 0 aromatic carbocycles. The van der Waals surface area contributed by atoms with Gasteiger partial charge < -0.3 is 9.47 Å². The molecule has 0 aromatic heterocycles. The summed E-state index contributed by atoms with van der Waals surface area (Å²) in [5.74, 6) is -0.180. The molecule has 16 heavy (non-hydrogen) atoms. The summed E-state index contributed by atoms with van der Waals surface area (Å²) < 4.78 is 21.4. The summed E-state index contributed by atoms with van der Waals surface area (Å²) in [5.41, 5.74) is 0. The highest BCUT2D eigenvalue weighted by Gasteiger charge is 2.01. The van der Waals surface area contributed by atoms with Crippen LogP contribution in [0.15, 0.2) is 0 Å². The molecule has 0 atom stereocenters. The van der Waals surface area contributed by atoms with Crippen molar-refractivity contribution in [1.82, 2.24) is 0 Å². The first-order chi connectivity index (χ1) is 7.81.